The molecule has 4 atom stereocenters. The number of amides is 2. The Labute approximate surface area is 217 Å². The lowest BCUT2D eigenvalue weighted by molar-refractivity contribution is -0.150. The first-order valence-corrected chi connectivity index (χ1v) is 14.5. The predicted octanol–water partition coefficient (Wildman–Crippen LogP) is -0.448. The summed E-state index contributed by atoms with van der Waals surface area (Å²) in [4.78, 5) is 63.4. The number of aromatic amines is 2. The summed E-state index contributed by atoms with van der Waals surface area (Å²) < 4.78 is 17.5. The average Bonchev–Trinajstić information content (AvgIpc) is 3.34. The van der Waals surface area contributed by atoms with Crippen LogP contribution < -0.4 is 10.7 Å². The van der Waals surface area contributed by atoms with Gasteiger partial charge in [-0.05, 0) is 17.7 Å². The van der Waals surface area contributed by atoms with Gasteiger partial charge in [0.2, 0.25) is 11.1 Å². The van der Waals surface area contributed by atoms with Crippen LogP contribution in [0.4, 0.5) is 0 Å². The van der Waals surface area contributed by atoms with E-state index < -0.39 is 48.2 Å². The van der Waals surface area contributed by atoms with Crippen LogP contribution in [0.1, 0.15) is 12.6 Å². The molecule has 2 amide bonds. The molecular formula is C19H22N7O8PS2. The number of rotatable bonds is 11. The number of carbonyl (C=O) groups is 3. The van der Waals surface area contributed by atoms with E-state index in [2.05, 4.69) is 30.9 Å². The molecule has 2 aliphatic heterocycles. The summed E-state index contributed by atoms with van der Waals surface area (Å²) in [5, 5.41) is 24.5. The van der Waals surface area contributed by atoms with Crippen molar-refractivity contribution in [1.29, 1.82) is 0 Å². The number of carboxylic acids is 1. The highest BCUT2D eigenvalue weighted by atomic mass is 32.2. The Kier molecular flexibility index (Phi) is 8.18. The lowest BCUT2D eigenvalue weighted by atomic mass is 10.0. The van der Waals surface area contributed by atoms with E-state index in [0.29, 0.717) is 5.69 Å². The van der Waals surface area contributed by atoms with Crippen LogP contribution in [0.25, 0.3) is 0 Å². The van der Waals surface area contributed by atoms with Crippen LogP contribution >= 0.6 is 31.1 Å². The van der Waals surface area contributed by atoms with E-state index in [-0.39, 0.29) is 40.6 Å². The number of nitrogens with zero attached hydrogens (tertiary/aromatic N) is 4. The normalized spacial score (nSPS) is 21.6. The van der Waals surface area contributed by atoms with Gasteiger partial charge in [-0.2, -0.15) is 5.21 Å². The molecule has 2 aromatic rings. The molecule has 4 heterocycles. The maximum atomic E-state index is 13.0. The van der Waals surface area contributed by atoms with Crippen LogP contribution in [0.15, 0.2) is 39.6 Å². The van der Waals surface area contributed by atoms with Crippen molar-refractivity contribution in [2.75, 3.05) is 18.5 Å². The SMILES string of the molecule is CCOP(=O)(O)CC(Sc1nn[nH]n1)C1=C(C(=O)O)N2C(=O)[C@@H](NC(=O)Cc3cc(=O)cc[nH]3)[C@@H]2SC1. The van der Waals surface area contributed by atoms with Gasteiger partial charge in [0.15, 0.2) is 5.43 Å². The molecule has 0 aromatic carbocycles. The van der Waals surface area contributed by atoms with Gasteiger partial charge in [-0.1, -0.05) is 11.8 Å². The minimum absolute atomic E-state index is 0.0299. The van der Waals surface area contributed by atoms with Gasteiger partial charge in [0.1, 0.15) is 17.1 Å². The fraction of sp³-hybridized carbons (Fsp3) is 0.421. The molecule has 0 saturated carbocycles. The van der Waals surface area contributed by atoms with Crippen LogP contribution in [0.5, 0.6) is 0 Å². The number of pyridine rings is 1. The molecule has 15 nitrogen and oxygen atoms in total. The number of carboxylic acid groups (broad SMARTS) is 1. The van der Waals surface area contributed by atoms with E-state index in [4.69, 9.17) is 4.52 Å². The topological polar surface area (TPSA) is 221 Å². The summed E-state index contributed by atoms with van der Waals surface area (Å²) in [6.45, 7) is 1.52. The Hall–Kier alpha value is -2.98. The molecular weight excluding hydrogens is 549 g/mol. The zero-order valence-corrected chi connectivity index (χ0v) is 21.7. The van der Waals surface area contributed by atoms with Crippen LogP contribution in [0.3, 0.4) is 0 Å². The van der Waals surface area contributed by atoms with E-state index in [0.717, 1.165) is 16.7 Å². The smallest absolute Gasteiger partial charge is 0.352 e. The maximum absolute atomic E-state index is 13.0. The standard InChI is InChI=1S/C19H22N7O8PS2/c1-2-34-35(32,33)7-12(37-19-22-24-25-23-19)11-8-36-17-14(16(29)26(17)15(11)18(30)31)21-13(28)6-9-5-10(27)3-4-20-9/h3-5,12,14,17H,2,6-8H2,1H3,(H,20,27)(H,21,28)(H,30,31)(H,32,33)(H,22,23,24,25)/t12?,14-,17+/m1/s1. The minimum Gasteiger partial charge on any atom is -0.477 e. The lowest BCUT2D eigenvalue weighted by Gasteiger charge is -2.50. The molecule has 2 aliphatic rings. The van der Waals surface area contributed by atoms with E-state index in [1.165, 1.54) is 30.1 Å². The van der Waals surface area contributed by atoms with Crippen molar-refractivity contribution in [2.24, 2.45) is 0 Å². The highest BCUT2D eigenvalue weighted by Gasteiger charge is 2.55. The van der Waals surface area contributed by atoms with E-state index in [1.54, 1.807) is 6.92 Å². The van der Waals surface area contributed by atoms with Gasteiger partial charge in [0.25, 0.3) is 5.91 Å². The van der Waals surface area contributed by atoms with Gasteiger partial charge in [-0.25, -0.2) is 4.79 Å². The van der Waals surface area contributed by atoms with Crippen molar-refractivity contribution >= 4 is 48.9 Å². The average molecular weight is 572 g/mol. The summed E-state index contributed by atoms with van der Waals surface area (Å²) in [6, 6.07) is 1.60. The molecule has 0 spiro atoms. The van der Waals surface area contributed by atoms with Gasteiger partial charge in [-0.15, -0.1) is 22.0 Å². The summed E-state index contributed by atoms with van der Waals surface area (Å²) in [5.74, 6) is -2.46. The Bertz CT molecular complexity index is 1330. The summed E-state index contributed by atoms with van der Waals surface area (Å²) in [5.41, 5.74) is -0.0203. The van der Waals surface area contributed by atoms with Crippen molar-refractivity contribution in [2.45, 2.75) is 35.2 Å². The van der Waals surface area contributed by atoms with Crippen LogP contribution in [0.2, 0.25) is 0 Å². The number of hydrogen-bond donors (Lipinski definition) is 5. The fourth-order valence-corrected chi connectivity index (χ4v) is 8.21. The van der Waals surface area contributed by atoms with Crippen molar-refractivity contribution in [3.63, 3.8) is 0 Å². The van der Waals surface area contributed by atoms with Gasteiger partial charge in [0, 0.05) is 35.0 Å². The molecule has 0 radical (unpaired) electrons. The van der Waals surface area contributed by atoms with Gasteiger partial charge < -0.3 is 24.8 Å². The second-order valence-electron chi connectivity index (χ2n) is 7.90. The molecule has 0 aliphatic carbocycles. The predicted molar refractivity (Wildman–Crippen MR) is 131 cm³/mol. The molecule has 2 unspecified atom stereocenters. The quantitative estimate of drug-likeness (QED) is 0.131. The molecule has 18 heteroatoms. The monoisotopic (exact) mass is 571 g/mol. The van der Waals surface area contributed by atoms with Crippen LogP contribution in [-0.2, 0) is 29.9 Å². The number of H-pyrrole nitrogens is 2. The third-order valence-electron chi connectivity index (χ3n) is 5.39. The zero-order chi connectivity index (χ0) is 26.7. The molecule has 2 aromatic heterocycles. The van der Waals surface area contributed by atoms with Crippen LogP contribution in [0, 0.1) is 0 Å². The minimum atomic E-state index is -4.12. The summed E-state index contributed by atoms with van der Waals surface area (Å²) in [6.07, 6.45) is 0.787. The number of fused-ring (bicyclic) bond motifs is 1. The third kappa shape index (κ3) is 6.13. The fourth-order valence-electron chi connectivity index (χ4n) is 3.89. The number of aromatic nitrogens is 5. The Balaban J connectivity index is 1.56. The second-order valence-corrected chi connectivity index (χ2v) is 12.1. The Morgan fingerprint density at radius 2 is 2.22 bits per heavy atom. The zero-order valence-electron chi connectivity index (χ0n) is 19.2. The van der Waals surface area contributed by atoms with Gasteiger partial charge in [-0.3, -0.25) is 23.8 Å². The summed E-state index contributed by atoms with van der Waals surface area (Å²) in [7, 11) is -4.12. The first-order chi connectivity index (χ1) is 17.6. The number of β-lactam (4-membered cyclic amide) rings is 1. The second kappa shape index (κ2) is 11.2. The lowest BCUT2D eigenvalue weighted by Crippen LogP contribution is -2.70. The Morgan fingerprint density at radius 1 is 1.43 bits per heavy atom. The largest absolute Gasteiger partial charge is 0.477 e. The Morgan fingerprint density at radius 3 is 2.86 bits per heavy atom. The maximum Gasteiger partial charge on any atom is 0.352 e. The van der Waals surface area contributed by atoms with E-state index in [1.807, 2.05) is 0 Å². The number of tetrazole rings is 1. The third-order valence-corrected chi connectivity index (χ3v) is 9.55. The van der Waals surface area contributed by atoms with Crippen molar-refractivity contribution < 1.29 is 33.5 Å². The molecule has 1 saturated heterocycles. The van der Waals surface area contributed by atoms with Crippen molar-refractivity contribution in [1.82, 2.24) is 35.8 Å². The van der Waals surface area contributed by atoms with Crippen LogP contribution in [-0.4, -0.2) is 93.5 Å². The molecule has 37 heavy (non-hydrogen) atoms. The highest BCUT2D eigenvalue weighted by molar-refractivity contribution is 8.01. The van der Waals surface area contributed by atoms with Gasteiger partial charge >= 0.3 is 13.6 Å². The molecule has 1 fully saturated rings. The highest BCUT2D eigenvalue weighted by Crippen LogP contribution is 2.50. The first kappa shape index (κ1) is 27.1. The van der Waals surface area contributed by atoms with Crippen molar-refractivity contribution in [3.05, 3.63) is 45.5 Å². The number of thioether (sulfide) groups is 2. The molecule has 198 valence electrons. The summed E-state index contributed by atoms with van der Waals surface area (Å²) >= 11 is 2.13. The first-order valence-electron chi connectivity index (χ1n) is 10.8. The number of hydrogen-bond acceptors (Lipinski definition) is 11. The van der Waals surface area contributed by atoms with E-state index in [9.17, 15) is 33.7 Å². The number of nitrogens with one attached hydrogen (secondary N) is 3. The number of aliphatic carboxylic acids is 1. The van der Waals surface area contributed by atoms with Gasteiger partial charge in [0.05, 0.1) is 19.2 Å². The molecule has 5 N–H and O–H groups in total. The van der Waals surface area contributed by atoms with E-state index >= 15 is 0 Å². The molecule has 4 rings (SSSR count). The molecule has 0 bridgehead atoms. The van der Waals surface area contributed by atoms with Crippen molar-refractivity contribution in [3.8, 4) is 0 Å². The number of carbonyl (C=O) groups excluding carboxylic acids is 2.